The summed E-state index contributed by atoms with van der Waals surface area (Å²) in [7, 11) is 0. The van der Waals surface area contributed by atoms with Crippen LogP contribution in [0.25, 0.3) is 0 Å². The van der Waals surface area contributed by atoms with Crippen LogP contribution >= 0.6 is 0 Å². The van der Waals surface area contributed by atoms with Gasteiger partial charge in [0.05, 0.1) is 6.61 Å². The van der Waals surface area contributed by atoms with E-state index in [-0.39, 0.29) is 12.1 Å². The Hall–Kier alpha value is -1.97. The summed E-state index contributed by atoms with van der Waals surface area (Å²) in [5.41, 5.74) is 2.62. The summed E-state index contributed by atoms with van der Waals surface area (Å²) in [6.07, 6.45) is 4.82. The highest BCUT2D eigenvalue weighted by Gasteiger charge is 2.51. The molecule has 1 fully saturated rings. The number of allylic oxidation sites excluding steroid dienone is 1. The average Bonchev–Trinajstić information content (AvgIpc) is 2.61. The minimum atomic E-state index is -0.0377. The molecule has 1 saturated carbocycles. The Morgan fingerprint density at radius 3 is 2.54 bits per heavy atom. The monoisotopic (exact) mass is 356 g/mol. The van der Waals surface area contributed by atoms with E-state index in [1.165, 1.54) is 12.0 Å². The van der Waals surface area contributed by atoms with Crippen molar-refractivity contribution in [1.29, 1.82) is 0 Å². The Morgan fingerprint density at radius 1 is 1.31 bits per heavy atom. The van der Waals surface area contributed by atoms with Crippen molar-refractivity contribution in [2.24, 2.45) is 17.3 Å². The molecule has 0 aliphatic heterocycles. The molecule has 0 spiro atoms. The third-order valence-corrected chi connectivity index (χ3v) is 6.24. The molecule has 142 valence electrons. The number of hydrogen-bond acceptors (Lipinski definition) is 2. The normalized spacial score (nSPS) is 23.1. The zero-order valence-corrected chi connectivity index (χ0v) is 16.7. The molecule has 1 aromatic carbocycles. The van der Waals surface area contributed by atoms with E-state index < -0.39 is 0 Å². The summed E-state index contributed by atoms with van der Waals surface area (Å²) in [4.78, 5) is 14.8. The first-order valence-electron chi connectivity index (χ1n) is 9.82. The maximum atomic E-state index is 12.9. The van der Waals surface area contributed by atoms with Gasteiger partial charge in [-0.05, 0) is 75.1 Å². The highest BCUT2D eigenvalue weighted by molar-refractivity contribution is 5.89. The number of nitrogens with one attached hydrogen (secondary N) is 1. The number of fused-ring (bicyclic) bond motifs is 1. The molecule has 2 atom stereocenters. The maximum absolute atomic E-state index is 12.9. The third kappa shape index (κ3) is 3.60. The summed E-state index contributed by atoms with van der Waals surface area (Å²) in [5, 5.41) is 3.03. The van der Waals surface area contributed by atoms with E-state index in [4.69, 9.17) is 4.74 Å². The lowest BCUT2D eigenvalue weighted by Gasteiger charge is -2.57. The van der Waals surface area contributed by atoms with Crippen LogP contribution in [0.2, 0.25) is 0 Å². The molecule has 4 nitrogen and oxygen atoms in total. The van der Waals surface area contributed by atoms with Crippen LogP contribution in [0.3, 0.4) is 0 Å². The molecule has 2 bridgehead atoms. The highest BCUT2D eigenvalue weighted by atomic mass is 16.5. The number of rotatable bonds is 6. The fourth-order valence-electron chi connectivity index (χ4n) is 4.34. The Balaban J connectivity index is 1.66. The van der Waals surface area contributed by atoms with Gasteiger partial charge in [-0.25, -0.2) is 4.79 Å². The predicted octanol–water partition coefficient (Wildman–Crippen LogP) is 5.32. The predicted molar refractivity (Wildman–Crippen MR) is 107 cm³/mol. The molecule has 1 N–H and O–H groups in total. The Morgan fingerprint density at radius 2 is 2.00 bits per heavy atom. The Kier molecular flexibility index (Phi) is 5.31. The van der Waals surface area contributed by atoms with Crippen molar-refractivity contribution >= 4 is 11.7 Å². The molecule has 4 heteroatoms. The standard InChI is InChI=1S/C22H32N2O2/c1-6-26-19-11-9-18(10-12-19)23-21(25)24(15(2)3)14-16-7-8-17-13-20(16)22(17,4)5/h7,9-12,15,17,20H,6,8,13-14H2,1-5H3,(H,23,25). The molecule has 0 aromatic heterocycles. The van der Waals surface area contributed by atoms with Gasteiger partial charge < -0.3 is 15.0 Å². The topological polar surface area (TPSA) is 41.6 Å². The average molecular weight is 357 g/mol. The summed E-state index contributed by atoms with van der Waals surface area (Å²) in [5.74, 6) is 2.27. The maximum Gasteiger partial charge on any atom is 0.322 e. The van der Waals surface area contributed by atoms with E-state index >= 15 is 0 Å². The van der Waals surface area contributed by atoms with Gasteiger partial charge >= 0.3 is 6.03 Å². The largest absolute Gasteiger partial charge is 0.494 e. The molecule has 2 unspecified atom stereocenters. The van der Waals surface area contributed by atoms with E-state index in [1.54, 1.807) is 0 Å². The van der Waals surface area contributed by atoms with Gasteiger partial charge in [0.25, 0.3) is 0 Å². The van der Waals surface area contributed by atoms with Crippen molar-refractivity contribution in [3.63, 3.8) is 0 Å². The van der Waals surface area contributed by atoms with Crippen molar-refractivity contribution in [2.75, 3.05) is 18.5 Å². The molecule has 4 rings (SSSR count). The van der Waals surface area contributed by atoms with Gasteiger partial charge in [-0.1, -0.05) is 25.5 Å². The Bertz CT molecular complexity index is 676. The molecular weight excluding hydrogens is 324 g/mol. The van der Waals surface area contributed by atoms with Gasteiger partial charge in [0, 0.05) is 18.3 Å². The van der Waals surface area contributed by atoms with Crippen molar-refractivity contribution in [2.45, 2.75) is 53.5 Å². The lowest BCUT2D eigenvalue weighted by Crippen LogP contribution is -2.51. The number of hydrogen-bond donors (Lipinski definition) is 1. The number of carbonyl (C=O) groups is 1. The van der Waals surface area contributed by atoms with Crippen LogP contribution in [-0.4, -0.2) is 30.1 Å². The molecule has 3 aliphatic carbocycles. The summed E-state index contributed by atoms with van der Waals surface area (Å²) in [6, 6.07) is 7.67. The smallest absolute Gasteiger partial charge is 0.322 e. The lowest BCUT2D eigenvalue weighted by molar-refractivity contribution is -0.0101. The van der Waals surface area contributed by atoms with E-state index in [9.17, 15) is 4.79 Å². The van der Waals surface area contributed by atoms with E-state index in [0.29, 0.717) is 17.9 Å². The van der Waals surface area contributed by atoms with E-state index in [1.807, 2.05) is 36.1 Å². The van der Waals surface area contributed by atoms with Crippen molar-refractivity contribution in [1.82, 2.24) is 4.90 Å². The zero-order valence-electron chi connectivity index (χ0n) is 16.7. The minimum Gasteiger partial charge on any atom is -0.494 e. The number of amides is 2. The van der Waals surface area contributed by atoms with Gasteiger partial charge in [0.2, 0.25) is 0 Å². The molecular formula is C22H32N2O2. The van der Waals surface area contributed by atoms with Crippen LogP contribution in [0.4, 0.5) is 10.5 Å². The highest BCUT2D eigenvalue weighted by Crippen LogP contribution is 2.59. The molecule has 1 aromatic rings. The number of benzene rings is 1. The van der Waals surface area contributed by atoms with Gasteiger partial charge in [0.15, 0.2) is 0 Å². The second-order valence-corrected chi connectivity index (χ2v) is 8.43. The second kappa shape index (κ2) is 7.34. The van der Waals surface area contributed by atoms with Gasteiger partial charge in [-0.2, -0.15) is 0 Å². The quantitative estimate of drug-likeness (QED) is 0.701. The van der Waals surface area contributed by atoms with Gasteiger partial charge in [-0.3, -0.25) is 0 Å². The molecule has 0 saturated heterocycles. The van der Waals surface area contributed by atoms with Crippen LogP contribution < -0.4 is 10.1 Å². The lowest BCUT2D eigenvalue weighted by atomic mass is 9.49. The number of anilines is 1. The first kappa shape index (κ1) is 18.8. The van der Waals surface area contributed by atoms with Crippen molar-refractivity contribution < 1.29 is 9.53 Å². The van der Waals surface area contributed by atoms with E-state index in [2.05, 4.69) is 39.1 Å². The fraction of sp³-hybridized carbons (Fsp3) is 0.591. The fourth-order valence-corrected chi connectivity index (χ4v) is 4.34. The number of urea groups is 1. The summed E-state index contributed by atoms with van der Waals surface area (Å²) >= 11 is 0. The number of nitrogens with zero attached hydrogens (tertiary/aromatic N) is 1. The number of ether oxygens (including phenoxy) is 1. The molecule has 26 heavy (non-hydrogen) atoms. The van der Waals surface area contributed by atoms with Gasteiger partial charge in [-0.15, -0.1) is 0 Å². The second-order valence-electron chi connectivity index (χ2n) is 8.43. The molecule has 0 heterocycles. The minimum absolute atomic E-state index is 0.0377. The van der Waals surface area contributed by atoms with E-state index in [0.717, 1.165) is 30.3 Å². The van der Waals surface area contributed by atoms with Crippen LogP contribution in [0.15, 0.2) is 35.9 Å². The van der Waals surface area contributed by atoms with Crippen molar-refractivity contribution in [3.8, 4) is 5.75 Å². The first-order valence-corrected chi connectivity index (χ1v) is 9.82. The van der Waals surface area contributed by atoms with Crippen LogP contribution in [0.5, 0.6) is 5.75 Å². The SMILES string of the molecule is CCOc1ccc(NC(=O)N(CC2=CCC3CC2C3(C)C)C(C)C)cc1. The van der Waals surface area contributed by atoms with Crippen LogP contribution in [0, 0.1) is 17.3 Å². The molecule has 2 amide bonds. The number of carbonyl (C=O) groups excluding carboxylic acids is 1. The Labute approximate surface area is 157 Å². The van der Waals surface area contributed by atoms with Crippen LogP contribution in [0.1, 0.15) is 47.5 Å². The zero-order chi connectivity index (χ0) is 18.9. The van der Waals surface area contributed by atoms with Crippen LogP contribution in [-0.2, 0) is 0 Å². The van der Waals surface area contributed by atoms with Crippen molar-refractivity contribution in [3.05, 3.63) is 35.9 Å². The third-order valence-electron chi connectivity index (χ3n) is 6.24. The summed E-state index contributed by atoms with van der Waals surface area (Å²) in [6.45, 7) is 12.2. The molecule has 3 aliphatic rings. The van der Waals surface area contributed by atoms with Gasteiger partial charge in [0.1, 0.15) is 5.75 Å². The summed E-state index contributed by atoms with van der Waals surface area (Å²) < 4.78 is 5.46. The molecule has 0 radical (unpaired) electrons. The first-order chi connectivity index (χ1) is 12.3.